The zero-order chi connectivity index (χ0) is 18.8. The molecule has 2 aromatic heterocycles. The third kappa shape index (κ3) is 3.27. The van der Waals surface area contributed by atoms with Crippen molar-refractivity contribution < 1.29 is 18.4 Å². The van der Waals surface area contributed by atoms with Crippen LogP contribution in [-0.4, -0.2) is 10.8 Å². The van der Waals surface area contributed by atoms with E-state index in [1.807, 2.05) is 49.4 Å². The van der Waals surface area contributed by atoms with E-state index < -0.39 is 0 Å². The number of allylic oxidation sites excluding steroid dienone is 1. The number of rotatable bonds is 6. The first-order valence-electron chi connectivity index (χ1n) is 8.48. The summed E-state index contributed by atoms with van der Waals surface area (Å²) in [5.41, 5.74) is 1.64. The number of aromatic nitrogens is 1. The van der Waals surface area contributed by atoms with Crippen molar-refractivity contribution in [3.05, 3.63) is 84.7 Å². The quantitative estimate of drug-likeness (QED) is 0.343. The van der Waals surface area contributed by atoms with Gasteiger partial charge in [-0.3, -0.25) is 4.79 Å². The molecule has 0 saturated heterocycles. The fourth-order valence-corrected chi connectivity index (χ4v) is 2.81. The number of carbonyl (C=O) groups is 1. The van der Waals surface area contributed by atoms with Gasteiger partial charge >= 0.3 is 0 Å². The van der Waals surface area contributed by atoms with Crippen molar-refractivity contribution in [2.75, 3.05) is 0 Å². The highest BCUT2D eigenvalue weighted by Crippen LogP contribution is 2.28. The van der Waals surface area contributed by atoms with E-state index in [1.165, 1.54) is 6.08 Å². The Labute approximate surface area is 155 Å². The predicted molar refractivity (Wildman–Crippen MR) is 102 cm³/mol. The Bertz CT molecular complexity index is 1120. The minimum absolute atomic E-state index is 0.259. The lowest BCUT2D eigenvalue weighted by molar-refractivity contribution is 0.102. The maximum absolute atomic E-state index is 11.9. The van der Waals surface area contributed by atoms with Crippen molar-refractivity contribution >= 4 is 16.6 Å². The number of furan rings is 1. The number of aryl methyl sites for hydroxylation is 1. The molecule has 4 rings (SSSR count). The number of carbonyl (C=O) groups excluding carboxylic acids is 1. The maximum atomic E-state index is 11.9. The zero-order valence-corrected chi connectivity index (χ0v) is 14.8. The number of hydrogen-bond donors (Lipinski definition) is 0. The molecule has 4 aromatic rings. The third-order valence-corrected chi connectivity index (χ3v) is 4.27. The molecule has 0 bridgehead atoms. The number of fused-ring (bicyclic) bond motifs is 1. The Morgan fingerprint density at radius 3 is 2.81 bits per heavy atom. The molecule has 0 unspecified atom stereocenters. The van der Waals surface area contributed by atoms with Gasteiger partial charge in [-0.25, -0.2) is 4.98 Å². The molecule has 0 aliphatic heterocycles. The SMILES string of the molecule is C=CC(=O)c1occ2ccc(OCc3nc(-c4ccccc4)oc3C)cc12. The van der Waals surface area contributed by atoms with E-state index in [-0.39, 0.29) is 18.2 Å². The topological polar surface area (TPSA) is 65.5 Å². The van der Waals surface area contributed by atoms with Crippen molar-refractivity contribution in [2.45, 2.75) is 13.5 Å². The maximum Gasteiger partial charge on any atom is 0.226 e. The van der Waals surface area contributed by atoms with Gasteiger partial charge in [0.15, 0.2) is 5.76 Å². The Kier molecular flexibility index (Phi) is 4.34. The van der Waals surface area contributed by atoms with E-state index in [9.17, 15) is 4.79 Å². The molecule has 134 valence electrons. The summed E-state index contributed by atoms with van der Waals surface area (Å²) in [7, 11) is 0. The summed E-state index contributed by atoms with van der Waals surface area (Å²) in [4.78, 5) is 16.4. The van der Waals surface area contributed by atoms with Crippen LogP contribution in [0.3, 0.4) is 0 Å². The molecule has 0 fully saturated rings. The summed E-state index contributed by atoms with van der Waals surface area (Å²) in [6.07, 6.45) is 2.78. The van der Waals surface area contributed by atoms with Gasteiger partial charge in [-0.2, -0.15) is 0 Å². The number of ether oxygens (including phenoxy) is 1. The Morgan fingerprint density at radius 2 is 2.04 bits per heavy atom. The molecule has 2 aromatic carbocycles. The van der Waals surface area contributed by atoms with Gasteiger partial charge in [-0.1, -0.05) is 24.8 Å². The smallest absolute Gasteiger partial charge is 0.226 e. The summed E-state index contributed by atoms with van der Waals surface area (Å²) >= 11 is 0. The summed E-state index contributed by atoms with van der Waals surface area (Å²) in [6, 6.07) is 15.2. The molecule has 0 spiro atoms. The van der Waals surface area contributed by atoms with Crippen LogP contribution in [0.5, 0.6) is 5.75 Å². The van der Waals surface area contributed by atoms with E-state index in [0.29, 0.717) is 22.8 Å². The monoisotopic (exact) mass is 359 g/mol. The van der Waals surface area contributed by atoms with Crippen LogP contribution in [-0.2, 0) is 6.61 Å². The molecule has 0 N–H and O–H groups in total. The van der Waals surface area contributed by atoms with Gasteiger partial charge < -0.3 is 13.6 Å². The number of ketones is 1. The fraction of sp³-hybridized carbons (Fsp3) is 0.0909. The van der Waals surface area contributed by atoms with Crippen molar-refractivity contribution in [2.24, 2.45) is 0 Å². The minimum atomic E-state index is -0.262. The van der Waals surface area contributed by atoms with Crippen LogP contribution in [0, 0.1) is 6.92 Å². The molecule has 0 amide bonds. The van der Waals surface area contributed by atoms with Gasteiger partial charge in [0.05, 0.1) is 6.26 Å². The first-order valence-corrected chi connectivity index (χ1v) is 8.48. The van der Waals surface area contributed by atoms with Crippen LogP contribution < -0.4 is 4.74 Å². The second-order valence-electron chi connectivity index (χ2n) is 6.06. The molecule has 5 heteroatoms. The lowest BCUT2D eigenvalue weighted by Crippen LogP contribution is -1.98. The Balaban J connectivity index is 1.56. The minimum Gasteiger partial charge on any atom is -0.487 e. The molecule has 0 aliphatic carbocycles. The highest BCUT2D eigenvalue weighted by molar-refractivity contribution is 6.11. The van der Waals surface area contributed by atoms with Crippen LogP contribution in [0.4, 0.5) is 0 Å². The molecule has 27 heavy (non-hydrogen) atoms. The van der Waals surface area contributed by atoms with Crippen LogP contribution in [0.2, 0.25) is 0 Å². The van der Waals surface area contributed by atoms with Crippen LogP contribution in [0.25, 0.3) is 22.2 Å². The first-order chi connectivity index (χ1) is 13.2. The average Bonchev–Trinajstić information content (AvgIpc) is 3.29. The van der Waals surface area contributed by atoms with Gasteiger partial charge in [-0.05, 0) is 43.3 Å². The average molecular weight is 359 g/mol. The molecule has 5 nitrogen and oxygen atoms in total. The Hall–Kier alpha value is -3.60. The lowest BCUT2D eigenvalue weighted by atomic mass is 10.1. The van der Waals surface area contributed by atoms with Gasteiger partial charge in [0, 0.05) is 16.3 Å². The van der Waals surface area contributed by atoms with E-state index in [0.717, 1.165) is 16.6 Å². The second kappa shape index (κ2) is 6.96. The van der Waals surface area contributed by atoms with Gasteiger partial charge in [-0.15, -0.1) is 0 Å². The zero-order valence-electron chi connectivity index (χ0n) is 14.8. The van der Waals surface area contributed by atoms with Gasteiger partial charge in [0.25, 0.3) is 0 Å². The van der Waals surface area contributed by atoms with Crippen molar-refractivity contribution in [1.29, 1.82) is 0 Å². The molecule has 0 aliphatic rings. The van der Waals surface area contributed by atoms with E-state index in [2.05, 4.69) is 11.6 Å². The van der Waals surface area contributed by atoms with Gasteiger partial charge in [0.1, 0.15) is 23.8 Å². The lowest BCUT2D eigenvalue weighted by Gasteiger charge is -2.04. The van der Waals surface area contributed by atoms with Crippen LogP contribution in [0.1, 0.15) is 22.0 Å². The first kappa shape index (κ1) is 16.8. The molecular weight excluding hydrogens is 342 g/mol. The predicted octanol–water partition coefficient (Wildman–Crippen LogP) is 5.34. The van der Waals surface area contributed by atoms with E-state index in [4.69, 9.17) is 13.6 Å². The Morgan fingerprint density at radius 1 is 1.22 bits per heavy atom. The number of benzene rings is 2. The van der Waals surface area contributed by atoms with Crippen molar-refractivity contribution in [3.63, 3.8) is 0 Å². The number of oxazole rings is 1. The number of hydrogen-bond acceptors (Lipinski definition) is 5. The largest absolute Gasteiger partial charge is 0.487 e. The van der Waals surface area contributed by atoms with Crippen LogP contribution in [0.15, 0.2) is 76.3 Å². The molecule has 2 heterocycles. The normalized spacial score (nSPS) is 10.9. The highest BCUT2D eigenvalue weighted by Gasteiger charge is 2.14. The van der Waals surface area contributed by atoms with Crippen molar-refractivity contribution in [3.8, 4) is 17.2 Å². The van der Waals surface area contributed by atoms with Crippen molar-refractivity contribution in [1.82, 2.24) is 4.98 Å². The van der Waals surface area contributed by atoms with Gasteiger partial charge in [0.2, 0.25) is 11.7 Å². The second-order valence-corrected chi connectivity index (χ2v) is 6.06. The summed E-state index contributed by atoms with van der Waals surface area (Å²) in [5, 5.41) is 1.52. The molecule has 0 radical (unpaired) electrons. The summed E-state index contributed by atoms with van der Waals surface area (Å²) < 4.78 is 17.0. The van der Waals surface area contributed by atoms with Crippen LogP contribution >= 0.6 is 0 Å². The number of nitrogens with zero attached hydrogens (tertiary/aromatic N) is 1. The van der Waals surface area contributed by atoms with E-state index in [1.54, 1.807) is 12.3 Å². The van der Waals surface area contributed by atoms with E-state index >= 15 is 0 Å². The molecular formula is C22H17NO4. The fourth-order valence-electron chi connectivity index (χ4n) is 2.81. The standard InChI is InChI=1S/C22H17NO4/c1-3-20(24)21-18-11-17(10-9-16(18)12-26-21)25-13-19-14(2)27-22(23-19)15-7-5-4-6-8-15/h3-12H,1,13H2,2H3. The molecule has 0 saturated carbocycles. The highest BCUT2D eigenvalue weighted by atomic mass is 16.5. The third-order valence-electron chi connectivity index (χ3n) is 4.27. The molecule has 0 atom stereocenters. The summed E-state index contributed by atoms with van der Waals surface area (Å²) in [5.74, 6) is 1.89. The summed E-state index contributed by atoms with van der Waals surface area (Å²) in [6.45, 7) is 5.62.